The van der Waals surface area contributed by atoms with Gasteiger partial charge >= 0.3 is 0 Å². The molecule has 0 spiro atoms. The maximum Gasteiger partial charge on any atom is 0.211 e. The van der Waals surface area contributed by atoms with Gasteiger partial charge in [-0.2, -0.15) is 0 Å². The highest BCUT2D eigenvalue weighted by atomic mass is 32.2. The SMILES string of the molecule is CC(C)(C)COCCCS(=O)(=O)NCc1cccc(OC2CCC2)c1. The van der Waals surface area contributed by atoms with Gasteiger partial charge < -0.3 is 9.47 Å². The Hall–Kier alpha value is -1.11. The number of benzene rings is 1. The molecule has 0 aliphatic heterocycles. The van der Waals surface area contributed by atoms with Gasteiger partial charge in [-0.15, -0.1) is 0 Å². The molecule has 0 heterocycles. The van der Waals surface area contributed by atoms with E-state index in [2.05, 4.69) is 25.5 Å². The van der Waals surface area contributed by atoms with Crippen molar-refractivity contribution in [2.75, 3.05) is 19.0 Å². The molecule has 0 bridgehead atoms. The summed E-state index contributed by atoms with van der Waals surface area (Å²) in [5.41, 5.74) is 1.01. The van der Waals surface area contributed by atoms with Crippen LogP contribution >= 0.6 is 0 Å². The highest BCUT2D eigenvalue weighted by Gasteiger charge is 2.19. The van der Waals surface area contributed by atoms with Gasteiger partial charge in [0.25, 0.3) is 0 Å². The Balaban J connectivity index is 1.70. The van der Waals surface area contributed by atoms with E-state index in [1.807, 2.05) is 24.3 Å². The highest BCUT2D eigenvalue weighted by Crippen LogP contribution is 2.25. The van der Waals surface area contributed by atoms with Gasteiger partial charge in [0.2, 0.25) is 10.0 Å². The Labute approximate surface area is 152 Å². The Kier molecular flexibility index (Phi) is 7.28. The first-order chi connectivity index (χ1) is 11.7. The van der Waals surface area contributed by atoms with Crippen LogP contribution in [0.25, 0.3) is 0 Å². The van der Waals surface area contributed by atoms with Crippen molar-refractivity contribution in [2.24, 2.45) is 5.41 Å². The fourth-order valence-electron chi connectivity index (χ4n) is 2.40. The predicted molar refractivity (Wildman–Crippen MR) is 100 cm³/mol. The van der Waals surface area contributed by atoms with Crippen molar-refractivity contribution in [1.82, 2.24) is 4.72 Å². The number of hydrogen-bond donors (Lipinski definition) is 1. The van der Waals surface area contributed by atoms with Gasteiger partial charge in [0.15, 0.2) is 0 Å². The predicted octanol–water partition coefficient (Wildman–Crippen LogP) is 3.49. The zero-order chi connectivity index (χ0) is 18.3. The molecular formula is C19H31NO4S. The van der Waals surface area contributed by atoms with Crippen molar-refractivity contribution in [2.45, 2.75) is 59.1 Å². The minimum absolute atomic E-state index is 0.0788. The molecule has 0 aromatic heterocycles. The molecule has 1 N–H and O–H groups in total. The summed E-state index contributed by atoms with van der Waals surface area (Å²) in [4.78, 5) is 0. The van der Waals surface area contributed by atoms with E-state index in [9.17, 15) is 8.42 Å². The number of nitrogens with one attached hydrogen (secondary N) is 1. The summed E-state index contributed by atoms with van der Waals surface area (Å²) in [6.45, 7) is 7.65. The minimum Gasteiger partial charge on any atom is -0.490 e. The quantitative estimate of drug-likeness (QED) is 0.641. The molecule has 0 unspecified atom stereocenters. The highest BCUT2D eigenvalue weighted by molar-refractivity contribution is 7.89. The summed E-state index contributed by atoms with van der Waals surface area (Å²) in [5, 5.41) is 0. The van der Waals surface area contributed by atoms with Gasteiger partial charge in [-0.05, 0) is 48.8 Å². The lowest BCUT2D eigenvalue weighted by Gasteiger charge is -2.26. The average molecular weight is 370 g/mol. The molecule has 1 aliphatic rings. The lowest BCUT2D eigenvalue weighted by Crippen LogP contribution is -2.27. The smallest absolute Gasteiger partial charge is 0.211 e. The van der Waals surface area contributed by atoms with Crippen molar-refractivity contribution in [1.29, 1.82) is 0 Å². The van der Waals surface area contributed by atoms with Crippen LogP contribution in [0.15, 0.2) is 24.3 Å². The standard InChI is InChI=1S/C19H31NO4S/c1-19(2,3)15-23-11-6-12-25(21,22)20-14-16-7-4-10-18(13-16)24-17-8-5-9-17/h4,7,10,13,17,20H,5-6,8-9,11-12,14-15H2,1-3H3. The minimum atomic E-state index is -3.30. The summed E-state index contributed by atoms with van der Waals surface area (Å²) in [6.07, 6.45) is 4.25. The topological polar surface area (TPSA) is 64.6 Å². The van der Waals surface area contributed by atoms with Crippen LogP contribution in [-0.2, 0) is 21.3 Å². The van der Waals surface area contributed by atoms with Crippen LogP contribution in [0.1, 0.15) is 52.0 Å². The van der Waals surface area contributed by atoms with Gasteiger partial charge in [0, 0.05) is 13.2 Å². The summed E-state index contributed by atoms with van der Waals surface area (Å²) in [5.74, 6) is 0.895. The van der Waals surface area contributed by atoms with Crippen LogP contribution < -0.4 is 9.46 Å². The van der Waals surface area contributed by atoms with Crippen molar-refractivity contribution < 1.29 is 17.9 Å². The molecule has 25 heavy (non-hydrogen) atoms. The summed E-state index contributed by atoms with van der Waals surface area (Å²) < 4.78 is 38.2. The Morgan fingerprint density at radius 2 is 2.00 bits per heavy atom. The van der Waals surface area contributed by atoms with Crippen LogP contribution in [0, 0.1) is 5.41 Å². The van der Waals surface area contributed by atoms with Crippen LogP contribution in [-0.4, -0.2) is 33.5 Å². The van der Waals surface area contributed by atoms with E-state index in [0.717, 1.165) is 24.2 Å². The second kappa shape index (κ2) is 9.01. The first-order valence-corrected chi connectivity index (χ1v) is 10.7. The van der Waals surface area contributed by atoms with Gasteiger partial charge in [0.1, 0.15) is 5.75 Å². The number of ether oxygens (including phenoxy) is 2. The van der Waals surface area contributed by atoms with E-state index < -0.39 is 10.0 Å². The maximum absolute atomic E-state index is 12.1. The molecule has 0 atom stereocenters. The van der Waals surface area contributed by atoms with Gasteiger partial charge in [-0.1, -0.05) is 32.9 Å². The molecule has 0 radical (unpaired) electrons. The Morgan fingerprint density at radius 3 is 2.64 bits per heavy atom. The molecule has 0 amide bonds. The monoisotopic (exact) mass is 369 g/mol. The van der Waals surface area contributed by atoms with Gasteiger partial charge in [-0.3, -0.25) is 0 Å². The third kappa shape index (κ3) is 8.21. The molecular weight excluding hydrogens is 338 g/mol. The lowest BCUT2D eigenvalue weighted by molar-refractivity contribution is 0.0720. The van der Waals surface area contributed by atoms with E-state index in [4.69, 9.17) is 9.47 Å². The Bertz CT molecular complexity index is 633. The second-order valence-electron chi connectivity index (χ2n) is 7.92. The van der Waals surface area contributed by atoms with Crippen molar-refractivity contribution in [3.8, 4) is 5.75 Å². The molecule has 5 nitrogen and oxygen atoms in total. The number of sulfonamides is 1. The van der Waals surface area contributed by atoms with E-state index in [0.29, 0.717) is 25.7 Å². The lowest BCUT2D eigenvalue weighted by atomic mass is 9.96. The number of hydrogen-bond acceptors (Lipinski definition) is 4. The van der Waals surface area contributed by atoms with E-state index in [-0.39, 0.29) is 17.7 Å². The molecule has 2 rings (SSSR count). The third-order valence-corrected chi connectivity index (χ3v) is 5.40. The van der Waals surface area contributed by atoms with Crippen LogP contribution in [0.4, 0.5) is 0 Å². The molecule has 6 heteroatoms. The van der Waals surface area contributed by atoms with E-state index >= 15 is 0 Å². The van der Waals surface area contributed by atoms with Gasteiger partial charge in [0.05, 0.1) is 18.5 Å². The molecule has 1 aliphatic carbocycles. The average Bonchev–Trinajstić information content (AvgIpc) is 2.48. The van der Waals surface area contributed by atoms with E-state index in [1.165, 1.54) is 6.42 Å². The Morgan fingerprint density at radius 1 is 1.24 bits per heavy atom. The normalized spacial score (nSPS) is 15.8. The first-order valence-electron chi connectivity index (χ1n) is 9.04. The first kappa shape index (κ1) is 20.2. The molecule has 0 saturated heterocycles. The second-order valence-corrected chi connectivity index (χ2v) is 9.85. The van der Waals surface area contributed by atoms with Crippen LogP contribution in [0.3, 0.4) is 0 Å². The molecule has 142 valence electrons. The van der Waals surface area contributed by atoms with Crippen LogP contribution in [0.5, 0.6) is 5.75 Å². The van der Waals surface area contributed by atoms with Crippen molar-refractivity contribution in [3.05, 3.63) is 29.8 Å². The van der Waals surface area contributed by atoms with Crippen molar-refractivity contribution >= 4 is 10.0 Å². The molecule has 1 saturated carbocycles. The fraction of sp³-hybridized carbons (Fsp3) is 0.684. The molecule has 1 fully saturated rings. The third-order valence-electron chi connectivity index (χ3n) is 3.99. The van der Waals surface area contributed by atoms with Crippen molar-refractivity contribution in [3.63, 3.8) is 0 Å². The zero-order valence-electron chi connectivity index (χ0n) is 15.6. The van der Waals surface area contributed by atoms with E-state index in [1.54, 1.807) is 0 Å². The summed E-state index contributed by atoms with van der Waals surface area (Å²) >= 11 is 0. The zero-order valence-corrected chi connectivity index (χ0v) is 16.4. The fourth-order valence-corrected chi connectivity index (χ4v) is 3.43. The maximum atomic E-state index is 12.1. The summed E-state index contributed by atoms with van der Waals surface area (Å²) in [6, 6.07) is 7.64. The summed E-state index contributed by atoms with van der Waals surface area (Å²) in [7, 11) is -3.30. The van der Waals surface area contributed by atoms with Crippen LogP contribution in [0.2, 0.25) is 0 Å². The van der Waals surface area contributed by atoms with Gasteiger partial charge in [-0.25, -0.2) is 13.1 Å². The largest absolute Gasteiger partial charge is 0.490 e. The molecule has 1 aromatic rings. The number of rotatable bonds is 10. The molecule has 1 aromatic carbocycles.